The normalized spacial score (nSPS) is 56.5. The van der Waals surface area contributed by atoms with Gasteiger partial charge in [0.1, 0.15) is 0 Å². The summed E-state index contributed by atoms with van der Waals surface area (Å²) in [7, 11) is -6.86. The van der Waals surface area contributed by atoms with Crippen molar-refractivity contribution in [1.82, 2.24) is 0 Å². The molecule has 0 aromatic rings. The molecule has 0 radical (unpaired) electrons. The summed E-state index contributed by atoms with van der Waals surface area (Å²) in [6, 6.07) is 0.392. The molecule has 1 aliphatic rings. The van der Waals surface area contributed by atoms with E-state index in [1.165, 1.54) is 6.92 Å². The Morgan fingerprint density at radius 3 is 2.36 bits per heavy atom. The van der Waals surface area contributed by atoms with E-state index in [2.05, 4.69) is 0 Å². The van der Waals surface area contributed by atoms with Gasteiger partial charge in [0, 0.05) is 28.5 Å². The van der Waals surface area contributed by atoms with Gasteiger partial charge in [0.05, 0.1) is 0 Å². The van der Waals surface area contributed by atoms with E-state index < -0.39 is 40.6 Å². The summed E-state index contributed by atoms with van der Waals surface area (Å²) >= 11 is 0. The molecule has 1 atom stereocenters. The van der Waals surface area contributed by atoms with Gasteiger partial charge in [-0.25, -0.2) is 0 Å². The fourth-order valence-corrected chi connectivity index (χ4v) is 12.9. The highest BCUT2D eigenvalue weighted by atomic mass is 28.4. The largest absolute Gasteiger partial charge is 0.0694 e. The van der Waals surface area contributed by atoms with Crippen molar-refractivity contribution >= 4 is 16.1 Å². The fraction of sp³-hybridized carbons (Fsp3) is 1.00. The minimum absolute atomic E-state index is 0.00390. The third-order valence-corrected chi connectivity index (χ3v) is 11.5. The molecular weight excluding hydrogens is 164 g/mol. The van der Waals surface area contributed by atoms with Crippen molar-refractivity contribution < 1.29 is 12.3 Å². The fourth-order valence-electron chi connectivity index (χ4n) is 1.88. The Morgan fingerprint density at radius 2 is 2.00 bits per heavy atom. The van der Waals surface area contributed by atoms with Crippen LogP contribution in [0, 0.1) is 0 Å². The molecule has 0 aliphatic carbocycles. The molecule has 0 bridgehead atoms. The van der Waals surface area contributed by atoms with Crippen molar-refractivity contribution in [2.24, 2.45) is 0 Å². The Morgan fingerprint density at radius 1 is 1.45 bits per heavy atom. The minimum atomic E-state index is -4.21. The average Bonchev–Trinajstić information content (AvgIpc) is 2.33. The molecule has 1 rings (SSSR count). The van der Waals surface area contributed by atoms with Crippen molar-refractivity contribution in [2.75, 3.05) is 0 Å². The Bertz CT molecular complexity index is 378. The lowest BCUT2D eigenvalue weighted by atomic mass is 10.6. The van der Waals surface area contributed by atoms with E-state index >= 15 is 0 Å². The summed E-state index contributed by atoms with van der Waals surface area (Å²) in [5.74, 6) is 0. The summed E-state index contributed by atoms with van der Waals surface area (Å²) in [4.78, 5) is 0. The van der Waals surface area contributed by atoms with Gasteiger partial charge in [-0.3, -0.25) is 0 Å². The topological polar surface area (TPSA) is 0 Å². The molecule has 0 N–H and O–H groups in total. The van der Waals surface area contributed by atoms with E-state index in [9.17, 15) is 0 Å². The Hall–Kier alpha value is 0.434. The maximum atomic E-state index is 8.78. The number of hydrogen-bond donors (Lipinski definition) is 0. The van der Waals surface area contributed by atoms with Crippen molar-refractivity contribution in [2.45, 2.75) is 56.6 Å². The molecule has 66 valence electrons. The van der Waals surface area contributed by atoms with Crippen LogP contribution in [0.15, 0.2) is 0 Å². The second-order valence-corrected chi connectivity index (χ2v) is 12.0. The van der Waals surface area contributed by atoms with E-state index in [1.807, 2.05) is 0 Å². The second kappa shape index (κ2) is 2.73. The van der Waals surface area contributed by atoms with Crippen LogP contribution in [-0.4, -0.2) is 16.1 Å². The molecular formula is C9H22Si2. The third kappa shape index (κ3) is 1.62. The van der Waals surface area contributed by atoms with Crippen LogP contribution in [0.2, 0.25) is 43.3 Å². The lowest BCUT2D eigenvalue weighted by Crippen LogP contribution is -2.37. The molecule has 0 saturated carbocycles. The summed E-state index contributed by atoms with van der Waals surface area (Å²) in [6.07, 6.45) is -2.13. The van der Waals surface area contributed by atoms with Crippen LogP contribution in [-0.2, 0) is 0 Å². The van der Waals surface area contributed by atoms with Crippen LogP contribution in [0.5, 0.6) is 0 Å². The lowest BCUT2D eigenvalue weighted by molar-refractivity contribution is 0.963. The highest BCUT2D eigenvalue weighted by Gasteiger charge is 2.47. The number of hydrogen-bond acceptors (Lipinski definition) is 0. The standard InChI is InChI=1S/C9H22Si2/c1-6-9-10(2,3)7-8-11(9,4)5/h9H,6-8H2,1-5H3/i2D3,3D3,6D2,9D. The molecule has 0 spiro atoms. The van der Waals surface area contributed by atoms with Gasteiger partial charge in [0.25, 0.3) is 0 Å². The molecule has 1 aliphatic heterocycles. The predicted molar refractivity (Wildman–Crippen MR) is 58.6 cm³/mol. The van der Waals surface area contributed by atoms with E-state index in [0.717, 1.165) is 0 Å². The summed E-state index contributed by atoms with van der Waals surface area (Å²) in [5.41, 5.74) is 0. The van der Waals surface area contributed by atoms with Gasteiger partial charge in [-0.15, -0.1) is 0 Å². The second-order valence-electron chi connectivity index (χ2n) is 3.91. The van der Waals surface area contributed by atoms with Crippen LogP contribution in [0.3, 0.4) is 0 Å². The SMILES string of the molecule is [2H]C([2H])(C)C1([2H])[Si](C)(C)CC[Si]1(C([2H])([2H])[2H])C([2H])([2H])[2H]. The highest BCUT2D eigenvalue weighted by molar-refractivity contribution is 7.01. The molecule has 11 heavy (non-hydrogen) atoms. The maximum absolute atomic E-state index is 8.78. The van der Waals surface area contributed by atoms with E-state index in [-0.39, 0.29) is 6.04 Å². The first-order valence-corrected chi connectivity index (χ1v) is 9.37. The van der Waals surface area contributed by atoms with Gasteiger partial charge < -0.3 is 0 Å². The Labute approximate surface area is 86.1 Å². The minimum Gasteiger partial charge on any atom is -0.0694 e. The van der Waals surface area contributed by atoms with Gasteiger partial charge in [-0.05, 0) is 5.14 Å². The molecule has 1 fully saturated rings. The molecule has 2 heteroatoms. The first-order chi connectivity index (χ1) is 8.46. The first-order valence-electron chi connectivity index (χ1n) is 8.46. The predicted octanol–water partition coefficient (Wildman–Crippen LogP) is 3.74. The van der Waals surface area contributed by atoms with Gasteiger partial charge in [-0.2, -0.15) is 0 Å². The highest BCUT2D eigenvalue weighted by Crippen LogP contribution is 2.47. The van der Waals surface area contributed by atoms with Crippen LogP contribution in [0.4, 0.5) is 0 Å². The molecule has 1 heterocycles. The third-order valence-electron chi connectivity index (χ3n) is 2.48. The average molecular weight is 196 g/mol. The van der Waals surface area contributed by atoms with Gasteiger partial charge in [0.15, 0.2) is 0 Å². The molecule has 1 saturated heterocycles. The Balaban J connectivity index is 3.78. The van der Waals surface area contributed by atoms with Crippen LogP contribution >= 0.6 is 0 Å². The van der Waals surface area contributed by atoms with Crippen LogP contribution in [0.1, 0.15) is 25.6 Å². The molecule has 0 aromatic carbocycles. The van der Waals surface area contributed by atoms with Gasteiger partial charge in [0.2, 0.25) is 0 Å². The molecule has 1 unspecified atom stereocenters. The van der Waals surface area contributed by atoms with Gasteiger partial charge in [-0.1, -0.05) is 51.4 Å². The zero-order valence-corrected chi connectivity index (χ0v) is 9.41. The first kappa shape index (κ1) is 2.98. The molecule has 0 nitrogen and oxygen atoms in total. The zero-order valence-electron chi connectivity index (χ0n) is 16.4. The summed E-state index contributed by atoms with van der Waals surface area (Å²) < 4.78 is 71.8. The molecule has 0 aromatic heterocycles. The lowest BCUT2D eigenvalue weighted by Gasteiger charge is -2.31. The Kier molecular flexibility index (Phi) is 0.741. The quantitative estimate of drug-likeness (QED) is 0.559. The van der Waals surface area contributed by atoms with Crippen molar-refractivity contribution in [3.63, 3.8) is 0 Å². The zero-order chi connectivity index (χ0) is 16.4. The smallest absolute Gasteiger partial charge is 0.0475 e. The maximum Gasteiger partial charge on any atom is 0.0475 e. The van der Waals surface area contributed by atoms with Crippen molar-refractivity contribution in [3.05, 3.63) is 0 Å². The van der Waals surface area contributed by atoms with E-state index in [1.54, 1.807) is 13.1 Å². The number of rotatable bonds is 1. The van der Waals surface area contributed by atoms with E-state index in [4.69, 9.17) is 12.3 Å². The summed E-state index contributed by atoms with van der Waals surface area (Å²) in [5, 5.41) is -1.95. The van der Waals surface area contributed by atoms with Crippen LogP contribution < -0.4 is 0 Å². The van der Waals surface area contributed by atoms with Gasteiger partial charge >= 0.3 is 0 Å². The molecule has 0 amide bonds. The van der Waals surface area contributed by atoms with E-state index in [0.29, 0.717) is 6.04 Å². The van der Waals surface area contributed by atoms with Crippen LogP contribution in [0.25, 0.3) is 0 Å². The summed E-state index contributed by atoms with van der Waals surface area (Å²) in [6.45, 7) is -0.825. The monoisotopic (exact) mass is 195 g/mol. The van der Waals surface area contributed by atoms with Crippen molar-refractivity contribution in [1.29, 1.82) is 0 Å². The van der Waals surface area contributed by atoms with Crippen molar-refractivity contribution in [3.8, 4) is 0 Å².